The number of benzene rings is 2. The van der Waals surface area contributed by atoms with Crippen LogP contribution in [0.5, 0.6) is 11.5 Å². The fourth-order valence-corrected chi connectivity index (χ4v) is 2.33. The highest BCUT2D eigenvalue weighted by Gasteiger charge is 2.11. The molecule has 0 saturated heterocycles. The number of methoxy groups -OCH3 is 2. The minimum Gasteiger partial charge on any atom is -0.497 e. The third-order valence-corrected chi connectivity index (χ3v) is 3.74. The summed E-state index contributed by atoms with van der Waals surface area (Å²) in [6.45, 7) is 0.999. The molecule has 5 heteroatoms. The number of ether oxygens (including phenoxy) is 2. The minimum absolute atomic E-state index is 0.404. The second-order valence-corrected chi connectivity index (χ2v) is 5.29. The van der Waals surface area contributed by atoms with E-state index in [1.54, 1.807) is 32.4 Å². The van der Waals surface area contributed by atoms with Gasteiger partial charge in [0.15, 0.2) is 0 Å². The van der Waals surface area contributed by atoms with Crippen LogP contribution < -0.4 is 14.8 Å². The van der Waals surface area contributed by atoms with Crippen molar-refractivity contribution in [3.63, 3.8) is 0 Å². The molecule has 0 radical (unpaired) electrons. The number of rotatable bonds is 7. The number of aliphatic hydroxyl groups excluding tert-OH is 1. The van der Waals surface area contributed by atoms with E-state index in [2.05, 4.69) is 5.32 Å². The first-order valence-corrected chi connectivity index (χ1v) is 7.37. The lowest BCUT2D eigenvalue weighted by Crippen LogP contribution is -2.21. The molecule has 0 amide bonds. The lowest BCUT2D eigenvalue weighted by atomic mass is 10.1. The molecule has 0 aliphatic carbocycles. The van der Waals surface area contributed by atoms with Gasteiger partial charge in [-0.05, 0) is 29.3 Å². The number of hydrogen-bond donors (Lipinski definition) is 2. The summed E-state index contributed by atoms with van der Waals surface area (Å²) in [4.78, 5) is 0. The Morgan fingerprint density at radius 3 is 2.32 bits per heavy atom. The molecule has 0 fully saturated rings. The quantitative estimate of drug-likeness (QED) is 0.822. The van der Waals surface area contributed by atoms with E-state index < -0.39 is 6.10 Å². The van der Waals surface area contributed by atoms with Crippen LogP contribution in [0.1, 0.15) is 17.2 Å². The van der Waals surface area contributed by atoms with Crippen molar-refractivity contribution < 1.29 is 14.6 Å². The fraction of sp³-hybridized carbons (Fsp3) is 0.294. The first kappa shape index (κ1) is 16.6. The molecule has 118 valence electrons. The largest absolute Gasteiger partial charge is 0.497 e. The normalized spacial score (nSPS) is 12.0. The standard InChI is InChI=1S/C17H20ClNO3/c1-21-14-7-13(8-15(9-14)22-2)17(20)11-19-10-12-5-3-4-6-16(12)18/h3-9,17,19-20H,10-11H2,1-2H3. The molecule has 0 aliphatic heterocycles. The number of hydrogen-bond acceptors (Lipinski definition) is 4. The summed E-state index contributed by atoms with van der Waals surface area (Å²) in [7, 11) is 3.17. The lowest BCUT2D eigenvalue weighted by Gasteiger charge is -2.15. The second kappa shape index (κ2) is 8.03. The predicted octanol–water partition coefficient (Wildman–Crippen LogP) is 3.18. The Bertz CT molecular complexity index is 596. The van der Waals surface area contributed by atoms with Gasteiger partial charge in [-0.1, -0.05) is 29.8 Å². The summed E-state index contributed by atoms with van der Waals surface area (Å²) in [5.74, 6) is 1.30. The van der Waals surface area contributed by atoms with E-state index in [0.29, 0.717) is 29.6 Å². The van der Waals surface area contributed by atoms with Gasteiger partial charge in [0.1, 0.15) is 11.5 Å². The van der Waals surface area contributed by atoms with Crippen LogP contribution >= 0.6 is 11.6 Å². The van der Waals surface area contributed by atoms with Gasteiger partial charge in [0.2, 0.25) is 0 Å². The molecule has 0 aliphatic rings. The molecule has 22 heavy (non-hydrogen) atoms. The van der Waals surface area contributed by atoms with E-state index in [9.17, 15) is 5.11 Å². The summed E-state index contributed by atoms with van der Waals surface area (Å²) in [6.07, 6.45) is -0.661. The molecule has 1 unspecified atom stereocenters. The zero-order valence-corrected chi connectivity index (χ0v) is 13.4. The summed E-state index contributed by atoms with van der Waals surface area (Å²) in [5, 5.41) is 14.2. The Kier molecular flexibility index (Phi) is 6.07. The van der Waals surface area contributed by atoms with Gasteiger partial charge in [-0.3, -0.25) is 0 Å². The summed E-state index contributed by atoms with van der Waals surface area (Å²) in [5.41, 5.74) is 1.74. The smallest absolute Gasteiger partial charge is 0.122 e. The zero-order chi connectivity index (χ0) is 15.9. The van der Waals surface area contributed by atoms with Crippen molar-refractivity contribution in [2.75, 3.05) is 20.8 Å². The molecule has 0 aromatic heterocycles. The van der Waals surface area contributed by atoms with Crippen molar-refractivity contribution in [3.8, 4) is 11.5 Å². The number of nitrogens with one attached hydrogen (secondary N) is 1. The molecule has 0 heterocycles. The Labute approximate surface area is 135 Å². The molecule has 0 spiro atoms. The highest BCUT2D eigenvalue weighted by molar-refractivity contribution is 6.31. The SMILES string of the molecule is COc1cc(OC)cc(C(O)CNCc2ccccc2Cl)c1. The maximum absolute atomic E-state index is 10.3. The van der Waals surface area contributed by atoms with E-state index in [1.807, 2.05) is 24.3 Å². The van der Waals surface area contributed by atoms with Gasteiger partial charge in [0, 0.05) is 24.2 Å². The average Bonchev–Trinajstić information content (AvgIpc) is 2.55. The van der Waals surface area contributed by atoms with Gasteiger partial charge < -0.3 is 19.9 Å². The summed E-state index contributed by atoms with van der Waals surface area (Å²) in [6, 6.07) is 13.0. The van der Waals surface area contributed by atoms with E-state index in [0.717, 1.165) is 11.1 Å². The van der Waals surface area contributed by atoms with E-state index in [1.165, 1.54) is 0 Å². The highest BCUT2D eigenvalue weighted by atomic mass is 35.5. The molecule has 2 aromatic rings. The van der Waals surface area contributed by atoms with Crippen LogP contribution in [0.25, 0.3) is 0 Å². The highest BCUT2D eigenvalue weighted by Crippen LogP contribution is 2.26. The predicted molar refractivity (Wildman–Crippen MR) is 87.7 cm³/mol. The van der Waals surface area contributed by atoms with Gasteiger partial charge in [-0.2, -0.15) is 0 Å². The molecule has 2 rings (SSSR count). The molecule has 2 aromatic carbocycles. The minimum atomic E-state index is -0.661. The van der Waals surface area contributed by atoms with Gasteiger partial charge >= 0.3 is 0 Å². The zero-order valence-electron chi connectivity index (χ0n) is 12.7. The van der Waals surface area contributed by atoms with Crippen LogP contribution in [-0.4, -0.2) is 25.9 Å². The lowest BCUT2D eigenvalue weighted by molar-refractivity contribution is 0.173. The first-order chi connectivity index (χ1) is 10.6. The number of aliphatic hydroxyl groups is 1. The van der Waals surface area contributed by atoms with Crippen LogP contribution in [0, 0.1) is 0 Å². The number of halogens is 1. The Morgan fingerprint density at radius 1 is 1.09 bits per heavy atom. The van der Waals surface area contributed by atoms with Crippen molar-refractivity contribution >= 4 is 11.6 Å². The van der Waals surface area contributed by atoms with Crippen LogP contribution in [0.15, 0.2) is 42.5 Å². The molecule has 4 nitrogen and oxygen atoms in total. The van der Waals surface area contributed by atoms with Crippen molar-refractivity contribution in [1.82, 2.24) is 5.32 Å². The van der Waals surface area contributed by atoms with Gasteiger partial charge in [-0.25, -0.2) is 0 Å². The maximum atomic E-state index is 10.3. The Balaban J connectivity index is 1.97. The monoisotopic (exact) mass is 321 g/mol. The molecule has 0 saturated carbocycles. The average molecular weight is 322 g/mol. The fourth-order valence-electron chi connectivity index (χ4n) is 2.12. The van der Waals surface area contributed by atoms with E-state index >= 15 is 0 Å². The van der Waals surface area contributed by atoms with Crippen molar-refractivity contribution in [2.24, 2.45) is 0 Å². The van der Waals surface area contributed by atoms with Gasteiger partial charge in [-0.15, -0.1) is 0 Å². The van der Waals surface area contributed by atoms with Crippen molar-refractivity contribution in [1.29, 1.82) is 0 Å². The first-order valence-electron chi connectivity index (χ1n) is 6.99. The third kappa shape index (κ3) is 4.37. The Morgan fingerprint density at radius 2 is 1.73 bits per heavy atom. The van der Waals surface area contributed by atoms with Gasteiger partial charge in [0.05, 0.1) is 20.3 Å². The summed E-state index contributed by atoms with van der Waals surface area (Å²) >= 11 is 6.10. The van der Waals surface area contributed by atoms with Crippen molar-refractivity contribution in [3.05, 3.63) is 58.6 Å². The molecule has 2 N–H and O–H groups in total. The van der Waals surface area contributed by atoms with E-state index in [4.69, 9.17) is 21.1 Å². The molecule has 1 atom stereocenters. The Hall–Kier alpha value is -1.75. The molecular weight excluding hydrogens is 302 g/mol. The third-order valence-electron chi connectivity index (χ3n) is 3.37. The van der Waals surface area contributed by atoms with Gasteiger partial charge in [0.25, 0.3) is 0 Å². The van der Waals surface area contributed by atoms with Crippen LogP contribution in [0.3, 0.4) is 0 Å². The topological polar surface area (TPSA) is 50.7 Å². The van der Waals surface area contributed by atoms with Crippen LogP contribution in [0.4, 0.5) is 0 Å². The molecular formula is C17H20ClNO3. The summed E-state index contributed by atoms with van der Waals surface area (Å²) < 4.78 is 10.4. The maximum Gasteiger partial charge on any atom is 0.122 e. The van der Waals surface area contributed by atoms with Crippen LogP contribution in [-0.2, 0) is 6.54 Å². The molecule has 0 bridgehead atoms. The van der Waals surface area contributed by atoms with Crippen molar-refractivity contribution in [2.45, 2.75) is 12.6 Å². The van der Waals surface area contributed by atoms with E-state index in [-0.39, 0.29) is 0 Å². The second-order valence-electron chi connectivity index (χ2n) is 4.88. The van der Waals surface area contributed by atoms with Crippen LogP contribution in [0.2, 0.25) is 5.02 Å².